The normalized spacial score (nSPS) is 14.0. The van der Waals surface area contributed by atoms with E-state index in [-0.39, 0.29) is 11.3 Å². The molecule has 0 unspecified atom stereocenters. The Morgan fingerprint density at radius 3 is 2.38 bits per heavy atom. The Morgan fingerprint density at radius 1 is 1.07 bits per heavy atom. The van der Waals surface area contributed by atoms with Crippen LogP contribution in [0, 0.1) is 0 Å². The van der Waals surface area contributed by atoms with Gasteiger partial charge in [0.15, 0.2) is 0 Å². The maximum absolute atomic E-state index is 12.4. The zero-order valence-electron chi connectivity index (χ0n) is 17.3. The minimum Gasteiger partial charge on any atom is -0.306 e. The lowest BCUT2D eigenvalue weighted by Gasteiger charge is -2.19. The molecular formula is C24H28N4O. The summed E-state index contributed by atoms with van der Waals surface area (Å²) in [6.45, 7) is 6.91. The molecule has 1 amide bonds. The fourth-order valence-electron chi connectivity index (χ4n) is 3.23. The van der Waals surface area contributed by atoms with Crippen molar-refractivity contribution in [3.8, 4) is 16.9 Å². The number of imidazole rings is 1. The molecule has 4 rings (SSSR count). The van der Waals surface area contributed by atoms with Crippen molar-refractivity contribution in [2.45, 2.75) is 45.1 Å². The van der Waals surface area contributed by atoms with E-state index in [0.29, 0.717) is 18.5 Å². The molecule has 0 atom stereocenters. The third-order valence-electron chi connectivity index (χ3n) is 5.17. The molecule has 0 aliphatic heterocycles. The van der Waals surface area contributed by atoms with Gasteiger partial charge in [-0.25, -0.2) is 4.98 Å². The largest absolute Gasteiger partial charge is 0.306 e. The number of carbonyl (C=O) groups is 1. The van der Waals surface area contributed by atoms with E-state index in [4.69, 9.17) is 4.98 Å². The summed E-state index contributed by atoms with van der Waals surface area (Å²) in [7, 11) is 0. The van der Waals surface area contributed by atoms with Crippen molar-refractivity contribution in [3.63, 3.8) is 0 Å². The summed E-state index contributed by atoms with van der Waals surface area (Å²) in [6, 6.07) is 18.9. The number of amides is 1. The third kappa shape index (κ3) is 4.74. The second-order valence-corrected chi connectivity index (χ2v) is 8.69. The molecule has 5 heteroatoms. The molecule has 3 aromatic rings. The zero-order chi connectivity index (χ0) is 20.4. The Hall–Kier alpha value is -2.92. The highest BCUT2D eigenvalue weighted by atomic mass is 16.2. The maximum atomic E-state index is 12.4. The molecule has 150 valence electrons. The van der Waals surface area contributed by atoms with Crippen molar-refractivity contribution < 1.29 is 4.79 Å². The van der Waals surface area contributed by atoms with E-state index in [1.807, 2.05) is 41.1 Å². The van der Waals surface area contributed by atoms with Crippen LogP contribution in [0.1, 0.15) is 39.2 Å². The number of aromatic nitrogens is 2. The molecular weight excluding hydrogens is 360 g/mol. The average molecular weight is 389 g/mol. The van der Waals surface area contributed by atoms with Crippen LogP contribution in [0.25, 0.3) is 16.9 Å². The number of nitrogens with one attached hydrogen (secondary N) is 2. The quantitative estimate of drug-likeness (QED) is 0.652. The molecule has 0 bridgehead atoms. The predicted molar refractivity (Wildman–Crippen MR) is 117 cm³/mol. The van der Waals surface area contributed by atoms with Crippen LogP contribution in [0.15, 0.2) is 60.8 Å². The van der Waals surface area contributed by atoms with Crippen molar-refractivity contribution in [1.29, 1.82) is 0 Å². The fraction of sp³-hybridized carbons (Fsp3) is 0.333. The van der Waals surface area contributed by atoms with Gasteiger partial charge in [0.05, 0.1) is 12.2 Å². The second kappa shape index (κ2) is 7.84. The van der Waals surface area contributed by atoms with E-state index in [2.05, 4.69) is 55.7 Å². The van der Waals surface area contributed by atoms with Gasteiger partial charge in [0, 0.05) is 23.5 Å². The SMILES string of the molecule is CC(C)(C)c1ccc(-n2cc(-c3ccccc3)nc2NC(=O)CNC2CC2)cc1. The van der Waals surface area contributed by atoms with E-state index in [0.717, 1.165) is 29.8 Å². The van der Waals surface area contributed by atoms with E-state index < -0.39 is 0 Å². The number of hydrogen-bond donors (Lipinski definition) is 2. The minimum atomic E-state index is -0.0744. The van der Waals surface area contributed by atoms with Crippen LogP contribution in [0.5, 0.6) is 0 Å². The number of hydrogen-bond acceptors (Lipinski definition) is 3. The Labute approximate surface area is 172 Å². The first-order chi connectivity index (χ1) is 13.9. The first-order valence-corrected chi connectivity index (χ1v) is 10.2. The van der Waals surface area contributed by atoms with E-state index >= 15 is 0 Å². The van der Waals surface area contributed by atoms with Gasteiger partial charge in [-0.15, -0.1) is 0 Å². The van der Waals surface area contributed by atoms with Crippen molar-refractivity contribution in [3.05, 3.63) is 66.4 Å². The Morgan fingerprint density at radius 2 is 1.76 bits per heavy atom. The van der Waals surface area contributed by atoms with E-state index in [1.165, 1.54) is 5.56 Å². The average Bonchev–Trinajstić information content (AvgIpc) is 3.45. The molecule has 1 fully saturated rings. The Balaban J connectivity index is 1.64. The molecule has 0 spiro atoms. The number of carbonyl (C=O) groups excluding carboxylic acids is 1. The Kier molecular flexibility index (Phi) is 5.24. The first-order valence-electron chi connectivity index (χ1n) is 10.2. The van der Waals surface area contributed by atoms with Crippen LogP contribution >= 0.6 is 0 Å². The summed E-state index contributed by atoms with van der Waals surface area (Å²) in [5, 5.41) is 6.23. The van der Waals surface area contributed by atoms with Crippen LogP contribution in [-0.4, -0.2) is 28.0 Å². The lowest BCUT2D eigenvalue weighted by Crippen LogP contribution is -2.30. The zero-order valence-corrected chi connectivity index (χ0v) is 17.3. The molecule has 0 radical (unpaired) electrons. The highest BCUT2D eigenvalue weighted by molar-refractivity contribution is 5.91. The summed E-state index contributed by atoms with van der Waals surface area (Å²) in [5.41, 5.74) is 4.18. The molecule has 1 aromatic heterocycles. The monoisotopic (exact) mass is 388 g/mol. The van der Waals surface area contributed by atoms with Crippen LogP contribution in [-0.2, 0) is 10.2 Å². The van der Waals surface area contributed by atoms with Crippen molar-refractivity contribution in [2.24, 2.45) is 0 Å². The third-order valence-corrected chi connectivity index (χ3v) is 5.17. The summed E-state index contributed by atoms with van der Waals surface area (Å²) in [4.78, 5) is 17.1. The maximum Gasteiger partial charge on any atom is 0.240 e. The number of benzene rings is 2. The summed E-state index contributed by atoms with van der Waals surface area (Å²) in [6.07, 6.45) is 4.28. The lowest BCUT2D eigenvalue weighted by molar-refractivity contribution is -0.115. The van der Waals surface area contributed by atoms with Gasteiger partial charge in [-0.05, 0) is 36.0 Å². The van der Waals surface area contributed by atoms with Crippen molar-refractivity contribution >= 4 is 11.9 Å². The van der Waals surface area contributed by atoms with Crippen molar-refractivity contribution in [1.82, 2.24) is 14.9 Å². The Bertz CT molecular complexity index is 980. The fourth-order valence-corrected chi connectivity index (χ4v) is 3.23. The van der Waals surface area contributed by atoms with Gasteiger partial charge in [0.2, 0.25) is 11.9 Å². The highest BCUT2D eigenvalue weighted by Crippen LogP contribution is 2.27. The van der Waals surface area contributed by atoms with Gasteiger partial charge in [-0.3, -0.25) is 14.7 Å². The summed E-state index contributed by atoms with van der Waals surface area (Å²) in [5.74, 6) is 0.463. The smallest absolute Gasteiger partial charge is 0.240 e. The van der Waals surface area contributed by atoms with Crippen LogP contribution in [0.4, 0.5) is 5.95 Å². The molecule has 1 saturated carbocycles. The summed E-state index contributed by atoms with van der Waals surface area (Å²) < 4.78 is 1.95. The standard InChI is InChI=1S/C24H28N4O/c1-24(2,3)18-9-13-20(14-10-18)28-16-21(17-7-5-4-6-8-17)26-23(28)27-22(29)15-25-19-11-12-19/h4-10,13-14,16,19,25H,11-12,15H2,1-3H3,(H,26,27,29). The minimum absolute atomic E-state index is 0.0744. The molecule has 2 aromatic carbocycles. The topological polar surface area (TPSA) is 59.0 Å². The summed E-state index contributed by atoms with van der Waals surface area (Å²) >= 11 is 0. The molecule has 1 aliphatic carbocycles. The van der Waals surface area contributed by atoms with Gasteiger partial charge in [0.25, 0.3) is 0 Å². The number of rotatable bonds is 6. The number of anilines is 1. The van der Waals surface area contributed by atoms with Crippen LogP contribution < -0.4 is 10.6 Å². The highest BCUT2D eigenvalue weighted by Gasteiger charge is 2.22. The van der Waals surface area contributed by atoms with Gasteiger partial charge in [-0.2, -0.15) is 0 Å². The lowest BCUT2D eigenvalue weighted by atomic mass is 9.87. The number of nitrogens with zero attached hydrogens (tertiary/aromatic N) is 2. The van der Waals surface area contributed by atoms with Gasteiger partial charge < -0.3 is 5.32 Å². The molecule has 2 N–H and O–H groups in total. The molecule has 29 heavy (non-hydrogen) atoms. The van der Waals surface area contributed by atoms with Crippen LogP contribution in [0.2, 0.25) is 0 Å². The molecule has 0 saturated heterocycles. The first kappa shape index (κ1) is 19.4. The predicted octanol–water partition coefficient (Wildman–Crippen LogP) is 4.53. The molecule has 1 aliphatic rings. The van der Waals surface area contributed by atoms with Crippen molar-refractivity contribution in [2.75, 3.05) is 11.9 Å². The van der Waals surface area contributed by atoms with Gasteiger partial charge in [-0.1, -0.05) is 63.2 Å². The van der Waals surface area contributed by atoms with Gasteiger partial charge >= 0.3 is 0 Å². The van der Waals surface area contributed by atoms with E-state index in [9.17, 15) is 4.79 Å². The van der Waals surface area contributed by atoms with E-state index in [1.54, 1.807) is 0 Å². The second-order valence-electron chi connectivity index (χ2n) is 8.69. The molecule has 1 heterocycles. The van der Waals surface area contributed by atoms with Gasteiger partial charge in [0.1, 0.15) is 0 Å². The molecule has 5 nitrogen and oxygen atoms in total. The van der Waals surface area contributed by atoms with Crippen LogP contribution in [0.3, 0.4) is 0 Å².